The molecule has 2 aromatic rings. The third kappa shape index (κ3) is 7.41. The van der Waals surface area contributed by atoms with Gasteiger partial charge in [-0.15, -0.1) is 24.0 Å². The van der Waals surface area contributed by atoms with Gasteiger partial charge in [0.25, 0.3) is 0 Å². The van der Waals surface area contributed by atoms with Gasteiger partial charge >= 0.3 is 0 Å². The molecule has 1 atom stereocenters. The number of ether oxygens (including phenoxy) is 1. The van der Waals surface area contributed by atoms with Gasteiger partial charge < -0.3 is 19.9 Å². The first-order valence-electron chi connectivity index (χ1n) is 8.74. The number of aliphatic imine (C=N–C) groups is 1. The van der Waals surface area contributed by atoms with Gasteiger partial charge in [0.2, 0.25) is 5.89 Å². The van der Waals surface area contributed by atoms with Gasteiger partial charge in [-0.25, -0.2) is 9.38 Å². The number of aryl methyl sites for hydroxylation is 1. The molecule has 0 saturated heterocycles. The summed E-state index contributed by atoms with van der Waals surface area (Å²) in [4.78, 5) is 8.76. The van der Waals surface area contributed by atoms with Crippen LogP contribution in [0.1, 0.15) is 49.7 Å². The second-order valence-electron chi connectivity index (χ2n) is 5.78. The van der Waals surface area contributed by atoms with Crippen molar-refractivity contribution in [2.75, 3.05) is 13.2 Å². The number of aromatic nitrogens is 2. The summed E-state index contributed by atoms with van der Waals surface area (Å²) in [7, 11) is 0. The molecule has 1 heterocycles. The minimum atomic E-state index is -0.225. The van der Waals surface area contributed by atoms with E-state index in [1.54, 1.807) is 13.0 Å². The molecule has 27 heavy (non-hydrogen) atoms. The van der Waals surface area contributed by atoms with Crippen molar-refractivity contribution in [3.63, 3.8) is 0 Å². The first-order chi connectivity index (χ1) is 12.5. The van der Waals surface area contributed by atoms with Crippen molar-refractivity contribution in [1.82, 2.24) is 20.8 Å². The van der Waals surface area contributed by atoms with Crippen LogP contribution in [-0.2, 0) is 17.8 Å². The van der Waals surface area contributed by atoms with Gasteiger partial charge in [-0.1, -0.05) is 17.3 Å². The topological polar surface area (TPSA) is 84.6 Å². The standard InChI is InChI=1S/C18H26FN5O2.HI/c1-5-20-18(21-10-14-8-7-12(3)15(19)9-14)22-11-16-23-17(24-26-16)13(4)25-6-2;/h7-9,13H,5-6,10-11H2,1-4H3,(H2,20,21,22);1H. The van der Waals surface area contributed by atoms with Crippen molar-refractivity contribution in [2.45, 2.75) is 46.9 Å². The second kappa shape index (κ2) is 11.9. The normalized spacial score (nSPS) is 12.4. The lowest BCUT2D eigenvalue weighted by molar-refractivity contribution is 0.0683. The van der Waals surface area contributed by atoms with E-state index < -0.39 is 0 Å². The molecule has 0 spiro atoms. The highest BCUT2D eigenvalue weighted by Crippen LogP contribution is 2.12. The molecule has 2 N–H and O–H groups in total. The van der Waals surface area contributed by atoms with E-state index in [-0.39, 0.29) is 35.9 Å². The lowest BCUT2D eigenvalue weighted by atomic mass is 10.1. The smallest absolute Gasteiger partial charge is 0.246 e. The highest BCUT2D eigenvalue weighted by Gasteiger charge is 2.13. The summed E-state index contributed by atoms with van der Waals surface area (Å²) < 4.78 is 24.3. The van der Waals surface area contributed by atoms with Crippen LogP contribution in [0.5, 0.6) is 0 Å². The lowest BCUT2D eigenvalue weighted by Crippen LogP contribution is -2.36. The Hall–Kier alpha value is -1.75. The van der Waals surface area contributed by atoms with Crippen molar-refractivity contribution < 1.29 is 13.7 Å². The summed E-state index contributed by atoms with van der Waals surface area (Å²) in [6, 6.07) is 5.12. The molecule has 0 bridgehead atoms. The Balaban J connectivity index is 0.00000364. The molecule has 0 aliphatic carbocycles. The molecule has 0 aliphatic heterocycles. The molecule has 2 rings (SSSR count). The number of hydrogen-bond donors (Lipinski definition) is 2. The second-order valence-corrected chi connectivity index (χ2v) is 5.78. The summed E-state index contributed by atoms with van der Waals surface area (Å²) in [6.45, 7) is 9.47. The average Bonchev–Trinajstić information content (AvgIpc) is 3.09. The van der Waals surface area contributed by atoms with Gasteiger partial charge in [-0.2, -0.15) is 4.98 Å². The molecule has 0 aliphatic rings. The van der Waals surface area contributed by atoms with E-state index in [2.05, 4.69) is 25.8 Å². The minimum absolute atomic E-state index is 0. The Bertz CT molecular complexity index is 738. The van der Waals surface area contributed by atoms with E-state index in [1.807, 2.05) is 26.8 Å². The SMILES string of the molecule is CCNC(=NCc1ccc(C)c(F)c1)NCc1nc(C(C)OCC)no1.I. The Kier molecular flexibility index (Phi) is 10.2. The summed E-state index contributed by atoms with van der Waals surface area (Å²) in [6.07, 6.45) is -0.212. The summed E-state index contributed by atoms with van der Waals surface area (Å²) in [5, 5.41) is 10.2. The van der Waals surface area contributed by atoms with Crippen molar-refractivity contribution in [3.05, 3.63) is 46.9 Å². The Labute approximate surface area is 176 Å². The van der Waals surface area contributed by atoms with E-state index in [0.717, 1.165) is 5.56 Å². The maximum Gasteiger partial charge on any atom is 0.246 e. The number of hydrogen-bond acceptors (Lipinski definition) is 5. The fraction of sp³-hybridized carbons (Fsp3) is 0.500. The van der Waals surface area contributed by atoms with Gasteiger partial charge in [-0.3, -0.25) is 0 Å². The number of nitrogens with one attached hydrogen (secondary N) is 2. The van der Waals surface area contributed by atoms with E-state index in [0.29, 0.717) is 49.5 Å². The van der Waals surface area contributed by atoms with E-state index in [4.69, 9.17) is 9.26 Å². The van der Waals surface area contributed by atoms with E-state index in [9.17, 15) is 4.39 Å². The Morgan fingerprint density at radius 1 is 1.33 bits per heavy atom. The first-order valence-corrected chi connectivity index (χ1v) is 8.74. The van der Waals surface area contributed by atoms with Crippen molar-refractivity contribution in [1.29, 1.82) is 0 Å². The number of nitrogens with zero attached hydrogens (tertiary/aromatic N) is 3. The van der Waals surface area contributed by atoms with Crippen LogP contribution in [0.25, 0.3) is 0 Å². The zero-order valence-corrected chi connectivity index (χ0v) is 18.4. The molecular weight excluding hydrogens is 464 g/mol. The molecule has 9 heteroatoms. The quantitative estimate of drug-likeness (QED) is 0.334. The lowest BCUT2D eigenvalue weighted by Gasteiger charge is -2.09. The van der Waals surface area contributed by atoms with Gasteiger partial charge in [0.1, 0.15) is 11.9 Å². The molecule has 7 nitrogen and oxygen atoms in total. The largest absolute Gasteiger partial charge is 0.371 e. The summed E-state index contributed by atoms with van der Waals surface area (Å²) in [5.74, 6) is 1.32. The number of halogens is 2. The molecule has 1 aromatic heterocycles. The molecule has 1 unspecified atom stereocenters. The zero-order valence-electron chi connectivity index (χ0n) is 16.1. The van der Waals surface area contributed by atoms with E-state index in [1.165, 1.54) is 6.07 Å². The highest BCUT2D eigenvalue weighted by molar-refractivity contribution is 14.0. The van der Waals surface area contributed by atoms with Crippen LogP contribution in [0.15, 0.2) is 27.7 Å². The zero-order chi connectivity index (χ0) is 18.9. The maximum atomic E-state index is 13.6. The molecule has 0 amide bonds. The highest BCUT2D eigenvalue weighted by atomic mass is 127. The van der Waals surface area contributed by atoms with Crippen LogP contribution >= 0.6 is 24.0 Å². The maximum absolute atomic E-state index is 13.6. The van der Waals surface area contributed by atoms with Crippen LogP contribution in [0.3, 0.4) is 0 Å². The van der Waals surface area contributed by atoms with Crippen molar-refractivity contribution in [3.8, 4) is 0 Å². The van der Waals surface area contributed by atoms with Crippen LogP contribution in [0.2, 0.25) is 0 Å². The fourth-order valence-electron chi connectivity index (χ4n) is 2.24. The Morgan fingerprint density at radius 2 is 2.11 bits per heavy atom. The predicted molar refractivity (Wildman–Crippen MR) is 113 cm³/mol. The van der Waals surface area contributed by atoms with Crippen LogP contribution in [0.4, 0.5) is 4.39 Å². The van der Waals surface area contributed by atoms with Gasteiger partial charge in [0, 0.05) is 13.2 Å². The van der Waals surface area contributed by atoms with Crippen molar-refractivity contribution in [2.24, 2.45) is 4.99 Å². The summed E-state index contributed by atoms with van der Waals surface area (Å²) in [5.41, 5.74) is 1.42. The summed E-state index contributed by atoms with van der Waals surface area (Å²) >= 11 is 0. The van der Waals surface area contributed by atoms with Crippen LogP contribution < -0.4 is 10.6 Å². The van der Waals surface area contributed by atoms with E-state index >= 15 is 0 Å². The van der Waals surface area contributed by atoms with Crippen LogP contribution in [0, 0.1) is 12.7 Å². The predicted octanol–water partition coefficient (Wildman–Crippen LogP) is 3.49. The molecule has 0 radical (unpaired) electrons. The number of benzene rings is 1. The van der Waals surface area contributed by atoms with Gasteiger partial charge in [-0.05, 0) is 44.9 Å². The van der Waals surface area contributed by atoms with Gasteiger partial charge in [0.05, 0.1) is 13.1 Å². The first kappa shape index (κ1) is 23.3. The molecule has 0 saturated carbocycles. The monoisotopic (exact) mass is 491 g/mol. The number of rotatable bonds is 8. The number of guanidine groups is 1. The third-order valence-corrected chi connectivity index (χ3v) is 3.67. The van der Waals surface area contributed by atoms with Gasteiger partial charge in [0.15, 0.2) is 11.8 Å². The van der Waals surface area contributed by atoms with Crippen LogP contribution in [-0.4, -0.2) is 29.3 Å². The minimum Gasteiger partial charge on any atom is -0.371 e. The fourth-order valence-corrected chi connectivity index (χ4v) is 2.24. The van der Waals surface area contributed by atoms with Crippen molar-refractivity contribution >= 4 is 29.9 Å². The molecule has 1 aromatic carbocycles. The molecule has 150 valence electrons. The molecular formula is C18H27FIN5O2. The molecule has 0 fully saturated rings. The third-order valence-electron chi connectivity index (χ3n) is 3.67. The Morgan fingerprint density at radius 3 is 2.78 bits per heavy atom. The average molecular weight is 491 g/mol.